The number of aryl methyl sites for hydroxylation is 1. The number of hydrogen-bond donors (Lipinski definition) is 2. The first-order chi connectivity index (χ1) is 12.7. The number of piperidine rings is 1. The SMILES string of the molecule is Cc1cnc2c(NCC3(C#N)CCNCC3)nc(-c3ccncc3)cn12. The third-order valence-corrected chi connectivity index (χ3v) is 5.05. The highest BCUT2D eigenvalue weighted by atomic mass is 15.1. The average molecular weight is 347 g/mol. The molecule has 0 radical (unpaired) electrons. The number of anilines is 1. The summed E-state index contributed by atoms with van der Waals surface area (Å²) in [5.74, 6) is 0.709. The Morgan fingerprint density at radius 3 is 2.81 bits per heavy atom. The van der Waals surface area contributed by atoms with Crippen molar-refractivity contribution in [3.63, 3.8) is 0 Å². The minimum absolute atomic E-state index is 0.363. The second-order valence-corrected chi connectivity index (χ2v) is 6.80. The lowest BCUT2D eigenvalue weighted by Gasteiger charge is -2.31. The van der Waals surface area contributed by atoms with E-state index in [-0.39, 0.29) is 5.41 Å². The average Bonchev–Trinajstić information content (AvgIpc) is 3.08. The van der Waals surface area contributed by atoms with Crippen LogP contribution in [0.15, 0.2) is 36.9 Å². The zero-order valence-electron chi connectivity index (χ0n) is 14.7. The van der Waals surface area contributed by atoms with Crippen LogP contribution in [0.25, 0.3) is 16.9 Å². The summed E-state index contributed by atoms with van der Waals surface area (Å²) in [7, 11) is 0. The fourth-order valence-electron chi connectivity index (χ4n) is 3.37. The molecule has 26 heavy (non-hydrogen) atoms. The minimum atomic E-state index is -0.363. The summed E-state index contributed by atoms with van der Waals surface area (Å²) in [6.07, 6.45) is 9.02. The van der Waals surface area contributed by atoms with Crippen molar-refractivity contribution >= 4 is 11.5 Å². The third kappa shape index (κ3) is 3.00. The van der Waals surface area contributed by atoms with Crippen LogP contribution < -0.4 is 10.6 Å². The zero-order chi connectivity index (χ0) is 18.0. The highest BCUT2D eigenvalue weighted by Crippen LogP contribution is 2.29. The number of nitrogens with one attached hydrogen (secondary N) is 2. The molecule has 0 spiro atoms. The summed E-state index contributed by atoms with van der Waals surface area (Å²) >= 11 is 0. The first-order valence-corrected chi connectivity index (χ1v) is 8.82. The number of nitriles is 1. The Morgan fingerprint density at radius 1 is 1.31 bits per heavy atom. The molecule has 4 heterocycles. The van der Waals surface area contributed by atoms with Crippen LogP contribution in [0, 0.1) is 23.7 Å². The maximum absolute atomic E-state index is 9.70. The molecular formula is C19H21N7. The van der Waals surface area contributed by atoms with E-state index in [0.29, 0.717) is 12.4 Å². The first kappa shape index (κ1) is 16.5. The number of rotatable bonds is 4. The van der Waals surface area contributed by atoms with Crippen LogP contribution in [0.3, 0.4) is 0 Å². The summed E-state index contributed by atoms with van der Waals surface area (Å²) in [4.78, 5) is 13.4. The quantitative estimate of drug-likeness (QED) is 0.753. The van der Waals surface area contributed by atoms with Crippen LogP contribution in [0.1, 0.15) is 18.5 Å². The van der Waals surface area contributed by atoms with Gasteiger partial charge in [-0.2, -0.15) is 5.26 Å². The van der Waals surface area contributed by atoms with E-state index < -0.39 is 0 Å². The highest BCUT2D eigenvalue weighted by molar-refractivity contribution is 5.69. The maximum Gasteiger partial charge on any atom is 0.180 e. The second-order valence-electron chi connectivity index (χ2n) is 6.80. The van der Waals surface area contributed by atoms with Gasteiger partial charge in [0.2, 0.25) is 0 Å². The van der Waals surface area contributed by atoms with Crippen LogP contribution in [0.4, 0.5) is 5.82 Å². The van der Waals surface area contributed by atoms with Crippen molar-refractivity contribution in [1.82, 2.24) is 24.7 Å². The number of fused-ring (bicyclic) bond motifs is 1. The van der Waals surface area contributed by atoms with E-state index in [1.807, 2.05) is 35.9 Å². The summed E-state index contributed by atoms with van der Waals surface area (Å²) in [6.45, 7) is 4.33. The van der Waals surface area contributed by atoms with E-state index in [9.17, 15) is 5.26 Å². The second kappa shape index (κ2) is 6.73. The summed E-state index contributed by atoms with van der Waals surface area (Å²) in [5, 5.41) is 16.4. The van der Waals surface area contributed by atoms with Gasteiger partial charge in [0.1, 0.15) is 0 Å². The maximum atomic E-state index is 9.70. The smallest absolute Gasteiger partial charge is 0.180 e. The molecule has 0 unspecified atom stereocenters. The topological polar surface area (TPSA) is 90.9 Å². The third-order valence-electron chi connectivity index (χ3n) is 5.05. The molecule has 1 saturated heterocycles. The van der Waals surface area contributed by atoms with Gasteiger partial charge in [0.25, 0.3) is 0 Å². The van der Waals surface area contributed by atoms with Crippen molar-refractivity contribution in [2.75, 3.05) is 25.0 Å². The van der Waals surface area contributed by atoms with E-state index in [1.54, 1.807) is 12.4 Å². The van der Waals surface area contributed by atoms with Crippen LogP contribution in [-0.4, -0.2) is 39.0 Å². The lowest BCUT2D eigenvalue weighted by molar-refractivity contribution is 0.299. The molecule has 1 aliphatic rings. The van der Waals surface area contributed by atoms with Crippen molar-refractivity contribution in [3.8, 4) is 17.3 Å². The predicted octanol–water partition coefficient (Wildman–Crippen LogP) is 2.41. The molecule has 0 aliphatic carbocycles. The van der Waals surface area contributed by atoms with Crippen molar-refractivity contribution in [2.24, 2.45) is 5.41 Å². The number of aromatic nitrogens is 4. The van der Waals surface area contributed by atoms with Gasteiger partial charge >= 0.3 is 0 Å². The zero-order valence-corrected chi connectivity index (χ0v) is 14.7. The van der Waals surface area contributed by atoms with Gasteiger partial charge in [0.05, 0.1) is 17.2 Å². The molecule has 2 N–H and O–H groups in total. The van der Waals surface area contributed by atoms with Gasteiger partial charge in [-0.15, -0.1) is 0 Å². The van der Waals surface area contributed by atoms with Crippen molar-refractivity contribution in [3.05, 3.63) is 42.6 Å². The molecule has 4 rings (SSSR count). The van der Waals surface area contributed by atoms with Crippen molar-refractivity contribution in [2.45, 2.75) is 19.8 Å². The molecule has 3 aromatic rings. The van der Waals surface area contributed by atoms with E-state index in [4.69, 9.17) is 4.98 Å². The fraction of sp³-hybridized carbons (Fsp3) is 0.368. The number of nitrogens with zero attached hydrogens (tertiary/aromatic N) is 5. The predicted molar refractivity (Wildman–Crippen MR) is 99.6 cm³/mol. The summed E-state index contributed by atoms with van der Waals surface area (Å²) < 4.78 is 2.03. The Balaban J connectivity index is 1.71. The molecular weight excluding hydrogens is 326 g/mol. The summed E-state index contributed by atoms with van der Waals surface area (Å²) in [6, 6.07) is 6.40. The Bertz CT molecular complexity index is 949. The Kier molecular flexibility index (Phi) is 4.27. The monoisotopic (exact) mass is 347 g/mol. The first-order valence-electron chi connectivity index (χ1n) is 8.82. The van der Waals surface area contributed by atoms with Gasteiger partial charge in [-0.05, 0) is 45.0 Å². The van der Waals surface area contributed by atoms with Crippen molar-refractivity contribution in [1.29, 1.82) is 5.26 Å². The summed E-state index contributed by atoms with van der Waals surface area (Å²) in [5.41, 5.74) is 3.30. The molecule has 7 nitrogen and oxygen atoms in total. The van der Waals surface area contributed by atoms with Gasteiger partial charge in [-0.1, -0.05) is 0 Å². The number of hydrogen-bond acceptors (Lipinski definition) is 6. The molecule has 1 aliphatic heterocycles. The van der Waals surface area contributed by atoms with Gasteiger partial charge in [0.15, 0.2) is 11.5 Å². The van der Waals surface area contributed by atoms with Crippen LogP contribution in [0.2, 0.25) is 0 Å². The van der Waals surface area contributed by atoms with Crippen molar-refractivity contribution < 1.29 is 0 Å². The molecule has 3 aromatic heterocycles. The van der Waals surface area contributed by atoms with Crippen LogP contribution in [0.5, 0.6) is 0 Å². The van der Waals surface area contributed by atoms with E-state index >= 15 is 0 Å². The van der Waals surface area contributed by atoms with Crippen LogP contribution >= 0.6 is 0 Å². The van der Waals surface area contributed by atoms with Gasteiger partial charge < -0.3 is 10.6 Å². The lowest BCUT2D eigenvalue weighted by Crippen LogP contribution is -2.40. The lowest BCUT2D eigenvalue weighted by atomic mass is 9.80. The minimum Gasteiger partial charge on any atom is -0.365 e. The highest BCUT2D eigenvalue weighted by Gasteiger charge is 2.32. The fourth-order valence-corrected chi connectivity index (χ4v) is 3.37. The normalized spacial score (nSPS) is 16.3. The van der Waals surface area contributed by atoms with Gasteiger partial charge in [-0.3, -0.25) is 9.38 Å². The molecule has 0 bridgehead atoms. The van der Waals surface area contributed by atoms with Crippen LogP contribution in [-0.2, 0) is 0 Å². The molecule has 1 fully saturated rings. The molecule has 0 saturated carbocycles. The standard InChI is InChI=1S/C19H21N7/c1-14-10-23-18-17(24-13-19(12-20)4-8-22-9-5-19)25-16(11-26(14)18)15-2-6-21-7-3-15/h2-3,6-7,10-11,22H,4-5,8-9,13H2,1H3,(H,24,25). The van der Waals surface area contributed by atoms with Gasteiger partial charge in [-0.25, -0.2) is 9.97 Å². The molecule has 0 atom stereocenters. The molecule has 7 heteroatoms. The molecule has 132 valence electrons. The largest absolute Gasteiger partial charge is 0.365 e. The Hall–Kier alpha value is -2.98. The van der Waals surface area contributed by atoms with E-state index in [1.165, 1.54) is 0 Å². The molecule has 0 amide bonds. The number of pyridine rings is 1. The number of imidazole rings is 1. The Labute approximate surface area is 152 Å². The van der Waals surface area contributed by atoms with E-state index in [2.05, 4.69) is 26.7 Å². The van der Waals surface area contributed by atoms with Gasteiger partial charge in [0, 0.05) is 42.6 Å². The Morgan fingerprint density at radius 2 is 2.08 bits per heavy atom. The molecule has 0 aromatic carbocycles. The van der Waals surface area contributed by atoms with E-state index in [0.717, 1.165) is 48.5 Å².